The Balaban J connectivity index is 1.52. The van der Waals surface area contributed by atoms with Crippen LogP contribution < -0.4 is 9.80 Å². The van der Waals surface area contributed by atoms with Crippen molar-refractivity contribution >= 4 is 17.3 Å². The molecule has 0 amide bonds. The molecule has 0 radical (unpaired) electrons. The Kier molecular flexibility index (Phi) is 3.55. The molecule has 24 heavy (non-hydrogen) atoms. The minimum atomic E-state index is 0.813. The van der Waals surface area contributed by atoms with Gasteiger partial charge in [-0.15, -0.1) is 5.10 Å². The molecule has 7 heteroatoms. The van der Waals surface area contributed by atoms with Crippen molar-refractivity contribution < 1.29 is 0 Å². The number of aryl methyl sites for hydroxylation is 3. The fourth-order valence-electron chi connectivity index (χ4n) is 3.10. The average molecular weight is 323 g/mol. The van der Waals surface area contributed by atoms with Crippen molar-refractivity contribution in [3.8, 4) is 0 Å². The summed E-state index contributed by atoms with van der Waals surface area (Å²) >= 11 is 0. The van der Waals surface area contributed by atoms with Gasteiger partial charge in [-0.2, -0.15) is 0 Å². The van der Waals surface area contributed by atoms with Crippen LogP contribution in [0.4, 0.5) is 11.6 Å². The number of anilines is 2. The van der Waals surface area contributed by atoms with Gasteiger partial charge in [-0.1, -0.05) is 0 Å². The lowest BCUT2D eigenvalue weighted by Crippen LogP contribution is -2.47. The summed E-state index contributed by atoms with van der Waals surface area (Å²) in [5.74, 6) is 2.82. The smallest absolute Gasteiger partial charge is 0.154 e. The quantitative estimate of drug-likeness (QED) is 0.716. The van der Waals surface area contributed by atoms with Gasteiger partial charge in [0.1, 0.15) is 17.5 Å². The van der Waals surface area contributed by atoms with E-state index in [2.05, 4.69) is 37.7 Å². The summed E-state index contributed by atoms with van der Waals surface area (Å²) in [5, 5.41) is 4.77. The zero-order valence-electron chi connectivity index (χ0n) is 14.3. The molecular weight excluding hydrogens is 302 g/mol. The normalized spacial score (nSPS) is 15.3. The maximum absolute atomic E-state index is 4.77. The van der Waals surface area contributed by atoms with Crippen LogP contribution in [-0.2, 0) is 0 Å². The number of fused-ring (bicyclic) bond motifs is 1. The molecule has 0 atom stereocenters. The first-order valence-electron chi connectivity index (χ1n) is 8.24. The van der Waals surface area contributed by atoms with Gasteiger partial charge in [0.05, 0.1) is 11.4 Å². The summed E-state index contributed by atoms with van der Waals surface area (Å²) in [6, 6.07) is 6.08. The van der Waals surface area contributed by atoms with E-state index in [1.54, 1.807) is 0 Å². The van der Waals surface area contributed by atoms with Crippen molar-refractivity contribution in [3.05, 3.63) is 41.6 Å². The van der Waals surface area contributed by atoms with Crippen LogP contribution in [0.1, 0.15) is 17.2 Å². The van der Waals surface area contributed by atoms with Gasteiger partial charge in [0.2, 0.25) is 0 Å². The Bertz CT molecular complexity index is 878. The molecule has 1 aliphatic heterocycles. The lowest BCUT2D eigenvalue weighted by molar-refractivity contribution is 0.634. The highest BCUT2D eigenvalue weighted by Gasteiger charge is 2.20. The fourth-order valence-corrected chi connectivity index (χ4v) is 3.10. The Labute approximate surface area is 141 Å². The largest absolute Gasteiger partial charge is 0.353 e. The third kappa shape index (κ3) is 2.55. The van der Waals surface area contributed by atoms with Crippen molar-refractivity contribution in [1.29, 1.82) is 0 Å². The third-order valence-corrected chi connectivity index (χ3v) is 4.61. The van der Waals surface area contributed by atoms with E-state index in [0.29, 0.717) is 0 Å². The van der Waals surface area contributed by atoms with E-state index in [1.807, 2.05) is 36.7 Å². The van der Waals surface area contributed by atoms with Gasteiger partial charge in [-0.3, -0.25) is 0 Å². The van der Waals surface area contributed by atoms with E-state index in [0.717, 1.165) is 60.7 Å². The molecule has 4 heterocycles. The molecule has 124 valence electrons. The minimum absolute atomic E-state index is 0.813. The van der Waals surface area contributed by atoms with Crippen molar-refractivity contribution in [2.75, 3.05) is 36.0 Å². The highest BCUT2D eigenvalue weighted by Crippen LogP contribution is 2.19. The molecule has 0 spiro atoms. The fraction of sp³-hybridized carbons (Fsp3) is 0.412. The predicted molar refractivity (Wildman–Crippen MR) is 93.7 cm³/mol. The Morgan fingerprint density at radius 1 is 0.833 bits per heavy atom. The van der Waals surface area contributed by atoms with Gasteiger partial charge < -0.3 is 9.80 Å². The summed E-state index contributed by atoms with van der Waals surface area (Å²) < 4.78 is 1.94. The van der Waals surface area contributed by atoms with Crippen molar-refractivity contribution in [2.24, 2.45) is 0 Å². The standard InChI is InChI=1S/C17H21N7/c1-12-13(2)24-16(19-12)4-5-17(21-24)23-10-8-22(9-11-23)15-6-7-18-14(3)20-15/h4-7H,8-11H2,1-3H3. The highest BCUT2D eigenvalue weighted by atomic mass is 15.4. The number of nitrogens with zero attached hydrogens (tertiary/aromatic N) is 7. The number of aromatic nitrogens is 5. The lowest BCUT2D eigenvalue weighted by Gasteiger charge is -2.36. The predicted octanol–water partition coefficient (Wildman–Crippen LogP) is 1.77. The number of hydrogen-bond acceptors (Lipinski definition) is 6. The Morgan fingerprint density at radius 3 is 2.25 bits per heavy atom. The number of piperazine rings is 1. The topological polar surface area (TPSA) is 62.5 Å². The maximum Gasteiger partial charge on any atom is 0.154 e. The number of hydrogen-bond donors (Lipinski definition) is 0. The Morgan fingerprint density at radius 2 is 1.54 bits per heavy atom. The molecule has 1 saturated heterocycles. The minimum Gasteiger partial charge on any atom is -0.353 e. The molecule has 0 bridgehead atoms. The number of rotatable bonds is 2. The molecule has 0 aliphatic carbocycles. The van der Waals surface area contributed by atoms with E-state index < -0.39 is 0 Å². The zero-order valence-corrected chi connectivity index (χ0v) is 14.3. The number of imidazole rings is 1. The summed E-state index contributed by atoms with van der Waals surface area (Å²) in [7, 11) is 0. The van der Waals surface area contributed by atoms with Gasteiger partial charge in [-0.25, -0.2) is 19.5 Å². The van der Waals surface area contributed by atoms with Crippen LogP contribution in [0.3, 0.4) is 0 Å². The van der Waals surface area contributed by atoms with E-state index in [9.17, 15) is 0 Å². The van der Waals surface area contributed by atoms with Crippen LogP contribution in [0.5, 0.6) is 0 Å². The van der Waals surface area contributed by atoms with Crippen molar-refractivity contribution in [2.45, 2.75) is 20.8 Å². The van der Waals surface area contributed by atoms with Crippen LogP contribution in [0.2, 0.25) is 0 Å². The summed E-state index contributed by atoms with van der Waals surface area (Å²) in [6.45, 7) is 9.71. The van der Waals surface area contributed by atoms with E-state index >= 15 is 0 Å². The third-order valence-electron chi connectivity index (χ3n) is 4.61. The lowest BCUT2D eigenvalue weighted by atomic mass is 10.3. The summed E-state index contributed by atoms with van der Waals surface area (Å²) in [6.07, 6.45) is 1.82. The molecular formula is C17H21N7. The molecule has 1 fully saturated rings. The second kappa shape index (κ2) is 5.74. The van der Waals surface area contributed by atoms with Crippen LogP contribution in [0.15, 0.2) is 24.4 Å². The first-order chi connectivity index (χ1) is 11.6. The second-order valence-electron chi connectivity index (χ2n) is 6.18. The van der Waals surface area contributed by atoms with Gasteiger partial charge in [-0.05, 0) is 39.0 Å². The van der Waals surface area contributed by atoms with Crippen LogP contribution >= 0.6 is 0 Å². The molecule has 0 unspecified atom stereocenters. The average Bonchev–Trinajstić information content (AvgIpc) is 2.89. The SMILES string of the molecule is Cc1nccc(N2CCN(c3ccc4nc(C)c(C)n4n3)CC2)n1. The molecule has 0 aromatic carbocycles. The van der Waals surface area contributed by atoms with E-state index in [4.69, 9.17) is 5.10 Å². The molecule has 1 aliphatic rings. The van der Waals surface area contributed by atoms with E-state index in [-0.39, 0.29) is 0 Å². The molecule has 3 aromatic rings. The first-order valence-corrected chi connectivity index (χ1v) is 8.24. The van der Waals surface area contributed by atoms with Crippen LogP contribution in [0.25, 0.3) is 5.65 Å². The monoisotopic (exact) mass is 323 g/mol. The van der Waals surface area contributed by atoms with Gasteiger partial charge >= 0.3 is 0 Å². The second-order valence-corrected chi connectivity index (χ2v) is 6.18. The molecule has 4 rings (SSSR count). The molecule has 7 nitrogen and oxygen atoms in total. The molecule has 0 N–H and O–H groups in total. The van der Waals surface area contributed by atoms with Crippen molar-refractivity contribution in [3.63, 3.8) is 0 Å². The van der Waals surface area contributed by atoms with Crippen LogP contribution in [-0.4, -0.2) is 50.7 Å². The molecule has 0 saturated carbocycles. The summed E-state index contributed by atoms with van der Waals surface area (Å²) in [4.78, 5) is 17.8. The highest BCUT2D eigenvalue weighted by molar-refractivity contribution is 5.49. The van der Waals surface area contributed by atoms with Crippen molar-refractivity contribution in [1.82, 2.24) is 24.6 Å². The van der Waals surface area contributed by atoms with Gasteiger partial charge in [0, 0.05) is 32.4 Å². The first kappa shape index (κ1) is 14.9. The van der Waals surface area contributed by atoms with Crippen LogP contribution in [0, 0.1) is 20.8 Å². The van der Waals surface area contributed by atoms with Gasteiger partial charge in [0.25, 0.3) is 0 Å². The maximum atomic E-state index is 4.77. The zero-order chi connectivity index (χ0) is 16.7. The summed E-state index contributed by atoms with van der Waals surface area (Å²) in [5.41, 5.74) is 3.04. The van der Waals surface area contributed by atoms with E-state index in [1.165, 1.54) is 0 Å². The molecule has 3 aromatic heterocycles. The Hall–Kier alpha value is -2.70. The van der Waals surface area contributed by atoms with Gasteiger partial charge in [0.15, 0.2) is 5.65 Å².